The number of fused-ring (bicyclic) bond motifs is 1. The van der Waals surface area contributed by atoms with Gasteiger partial charge >= 0.3 is 11.9 Å². The maximum Gasteiger partial charge on any atom is 0.397 e. The number of carbonyl (C=O) groups is 2. The Morgan fingerprint density at radius 2 is 1.93 bits per heavy atom. The van der Waals surface area contributed by atoms with Gasteiger partial charge in [0.1, 0.15) is 17.2 Å². The van der Waals surface area contributed by atoms with Gasteiger partial charge < -0.3 is 19.9 Å². The smallest absolute Gasteiger partial charge is 0.397 e. The first-order valence-corrected chi connectivity index (χ1v) is 10.4. The topological polar surface area (TPSA) is 84.9 Å². The number of benzene rings is 2. The van der Waals surface area contributed by atoms with Crippen LogP contribution >= 0.6 is 15.9 Å². The number of esters is 1. The second kappa shape index (κ2) is 8.86. The first kappa shape index (κ1) is 21.2. The molecule has 0 radical (unpaired) electrons. The lowest BCUT2D eigenvalue weighted by Crippen LogP contribution is -2.25. The first-order valence-electron chi connectivity index (χ1n) is 9.64. The molecule has 0 aliphatic heterocycles. The Hall–Kier alpha value is -2.54. The standard InChI is InChI=1S/C22H24BrNO5/c1-4-28-22(27)21(26)24-18-11-17(23)20(15-7-5-6-14(15)18)29-13-8-9-19(25)16(10-13)12(2)3/h8-12,25H,4-7H2,1-3H3,(H,24,26). The number of ether oxygens (including phenoxy) is 2. The van der Waals surface area contributed by atoms with E-state index in [1.54, 1.807) is 25.1 Å². The number of hydrogen-bond acceptors (Lipinski definition) is 5. The molecule has 0 unspecified atom stereocenters. The molecule has 0 saturated carbocycles. The number of phenols is 1. The minimum absolute atomic E-state index is 0.145. The van der Waals surface area contributed by atoms with Gasteiger partial charge in [-0.05, 0) is 77.9 Å². The molecule has 1 aliphatic rings. The molecule has 1 amide bonds. The number of phenolic OH excluding ortho intramolecular Hbond substituents is 1. The van der Waals surface area contributed by atoms with Gasteiger partial charge in [-0.15, -0.1) is 0 Å². The van der Waals surface area contributed by atoms with Gasteiger partial charge in [0.05, 0.1) is 11.1 Å². The Bertz CT molecular complexity index is 955. The Kier molecular flexibility index (Phi) is 6.47. The Balaban J connectivity index is 1.92. The van der Waals surface area contributed by atoms with Crippen LogP contribution in [0.4, 0.5) is 5.69 Å². The molecule has 0 heterocycles. The molecule has 2 aromatic rings. The molecule has 0 fully saturated rings. The third kappa shape index (κ3) is 4.56. The maximum absolute atomic E-state index is 12.1. The summed E-state index contributed by atoms with van der Waals surface area (Å²) in [6.07, 6.45) is 2.52. The molecule has 0 spiro atoms. The van der Waals surface area contributed by atoms with Crippen LogP contribution in [0, 0.1) is 0 Å². The Morgan fingerprint density at radius 1 is 1.21 bits per heavy atom. The van der Waals surface area contributed by atoms with Crippen LogP contribution in [0.3, 0.4) is 0 Å². The van der Waals surface area contributed by atoms with Gasteiger partial charge in [0.15, 0.2) is 0 Å². The van der Waals surface area contributed by atoms with Crippen LogP contribution in [0.15, 0.2) is 28.7 Å². The van der Waals surface area contributed by atoms with E-state index in [9.17, 15) is 14.7 Å². The van der Waals surface area contributed by atoms with Crippen LogP contribution < -0.4 is 10.1 Å². The Labute approximate surface area is 178 Å². The minimum Gasteiger partial charge on any atom is -0.508 e. The third-order valence-electron chi connectivity index (χ3n) is 4.85. The van der Waals surface area contributed by atoms with Gasteiger partial charge in [0.2, 0.25) is 0 Å². The van der Waals surface area contributed by atoms with E-state index < -0.39 is 11.9 Å². The molecule has 2 aromatic carbocycles. The molecule has 1 aliphatic carbocycles. The quantitative estimate of drug-likeness (QED) is 0.479. The monoisotopic (exact) mass is 461 g/mol. The van der Waals surface area contributed by atoms with Crippen molar-refractivity contribution in [2.24, 2.45) is 0 Å². The molecule has 3 rings (SSSR count). The van der Waals surface area contributed by atoms with Crippen molar-refractivity contribution in [2.75, 3.05) is 11.9 Å². The molecule has 0 aromatic heterocycles. The average molecular weight is 462 g/mol. The summed E-state index contributed by atoms with van der Waals surface area (Å²) >= 11 is 3.54. The van der Waals surface area contributed by atoms with Crippen molar-refractivity contribution in [2.45, 2.75) is 46.0 Å². The molecule has 29 heavy (non-hydrogen) atoms. The fourth-order valence-electron chi connectivity index (χ4n) is 3.48. The lowest BCUT2D eigenvalue weighted by Gasteiger charge is -2.18. The zero-order valence-corrected chi connectivity index (χ0v) is 18.3. The molecule has 0 bridgehead atoms. The van der Waals surface area contributed by atoms with E-state index in [-0.39, 0.29) is 18.3 Å². The first-order chi connectivity index (χ1) is 13.8. The van der Waals surface area contributed by atoms with Crippen molar-refractivity contribution in [3.8, 4) is 17.2 Å². The van der Waals surface area contributed by atoms with Crippen LogP contribution in [0.1, 0.15) is 49.8 Å². The van der Waals surface area contributed by atoms with Crippen molar-refractivity contribution in [1.29, 1.82) is 0 Å². The predicted molar refractivity (Wildman–Crippen MR) is 114 cm³/mol. The van der Waals surface area contributed by atoms with E-state index in [1.807, 2.05) is 19.9 Å². The normalized spacial score (nSPS) is 12.6. The number of hydrogen-bond donors (Lipinski definition) is 2. The van der Waals surface area contributed by atoms with Gasteiger partial charge in [0, 0.05) is 16.8 Å². The van der Waals surface area contributed by atoms with Gasteiger partial charge in [-0.2, -0.15) is 0 Å². The molecule has 0 atom stereocenters. The summed E-state index contributed by atoms with van der Waals surface area (Å²) in [7, 11) is 0. The summed E-state index contributed by atoms with van der Waals surface area (Å²) in [5.74, 6) is 0.0288. The molecular weight excluding hydrogens is 438 g/mol. The van der Waals surface area contributed by atoms with Crippen LogP contribution in [0.25, 0.3) is 0 Å². The lowest BCUT2D eigenvalue weighted by atomic mass is 10.0. The van der Waals surface area contributed by atoms with Crippen molar-refractivity contribution in [3.63, 3.8) is 0 Å². The van der Waals surface area contributed by atoms with Crippen LogP contribution in [0.2, 0.25) is 0 Å². The number of rotatable bonds is 5. The summed E-state index contributed by atoms with van der Waals surface area (Å²) in [6, 6.07) is 6.95. The predicted octanol–water partition coefficient (Wildman–Crippen LogP) is 5.06. The highest BCUT2D eigenvalue weighted by molar-refractivity contribution is 9.10. The lowest BCUT2D eigenvalue weighted by molar-refractivity contribution is -0.152. The van der Waals surface area contributed by atoms with E-state index in [0.29, 0.717) is 21.7 Å². The molecule has 7 heteroatoms. The van der Waals surface area contributed by atoms with Crippen molar-refractivity contribution in [1.82, 2.24) is 0 Å². The molecule has 6 nitrogen and oxygen atoms in total. The number of carbonyl (C=O) groups excluding carboxylic acids is 2. The zero-order chi connectivity index (χ0) is 21.1. The number of amides is 1. The van der Waals surface area contributed by atoms with Crippen LogP contribution in [0.5, 0.6) is 17.2 Å². The minimum atomic E-state index is -0.902. The second-order valence-electron chi connectivity index (χ2n) is 7.20. The number of aromatic hydroxyl groups is 1. The van der Waals surface area contributed by atoms with E-state index in [2.05, 4.69) is 21.2 Å². The molecule has 154 valence electrons. The largest absolute Gasteiger partial charge is 0.508 e. The zero-order valence-electron chi connectivity index (χ0n) is 16.7. The SMILES string of the molecule is CCOC(=O)C(=O)Nc1cc(Br)c(Oc2ccc(O)c(C(C)C)c2)c2c1CCC2. The van der Waals surface area contributed by atoms with Crippen molar-refractivity contribution >= 4 is 33.5 Å². The highest BCUT2D eigenvalue weighted by Gasteiger charge is 2.25. The summed E-state index contributed by atoms with van der Waals surface area (Å²) in [6.45, 7) is 5.81. The Morgan fingerprint density at radius 3 is 2.62 bits per heavy atom. The fourth-order valence-corrected chi connectivity index (χ4v) is 4.03. The molecule has 0 saturated heterocycles. The van der Waals surface area contributed by atoms with Gasteiger partial charge in [0.25, 0.3) is 0 Å². The maximum atomic E-state index is 12.1. The van der Waals surface area contributed by atoms with E-state index >= 15 is 0 Å². The van der Waals surface area contributed by atoms with E-state index in [0.717, 1.165) is 36.0 Å². The highest BCUT2D eigenvalue weighted by Crippen LogP contribution is 2.44. The highest BCUT2D eigenvalue weighted by atomic mass is 79.9. The van der Waals surface area contributed by atoms with Crippen molar-refractivity contribution < 1.29 is 24.2 Å². The number of halogens is 1. The summed E-state index contributed by atoms with van der Waals surface area (Å²) in [4.78, 5) is 23.7. The number of anilines is 1. The van der Waals surface area contributed by atoms with Crippen molar-refractivity contribution in [3.05, 3.63) is 45.4 Å². The molecule has 2 N–H and O–H groups in total. The van der Waals surface area contributed by atoms with Gasteiger partial charge in [-0.1, -0.05) is 13.8 Å². The van der Waals surface area contributed by atoms with Gasteiger partial charge in [-0.25, -0.2) is 4.79 Å². The fraction of sp³-hybridized carbons (Fsp3) is 0.364. The summed E-state index contributed by atoms with van der Waals surface area (Å²) in [5.41, 5.74) is 3.36. The second-order valence-corrected chi connectivity index (χ2v) is 8.05. The van der Waals surface area contributed by atoms with Gasteiger partial charge in [-0.3, -0.25) is 4.79 Å². The van der Waals surface area contributed by atoms with Crippen LogP contribution in [-0.4, -0.2) is 23.6 Å². The molecular formula is C22H24BrNO5. The summed E-state index contributed by atoms with van der Waals surface area (Å²) in [5, 5.41) is 12.7. The van der Waals surface area contributed by atoms with E-state index in [4.69, 9.17) is 9.47 Å². The third-order valence-corrected chi connectivity index (χ3v) is 5.44. The summed E-state index contributed by atoms with van der Waals surface area (Å²) < 4.78 is 11.6. The average Bonchev–Trinajstić information content (AvgIpc) is 3.16. The van der Waals surface area contributed by atoms with Crippen LogP contribution in [-0.2, 0) is 27.2 Å². The van der Waals surface area contributed by atoms with E-state index in [1.165, 1.54) is 0 Å². The number of nitrogens with one attached hydrogen (secondary N) is 1.